The number of nitrogens with one attached hydrogen (secondary N) is 2. The minimum atomic E-state index is 0.476. The van der Waals surface area contributed by atoms with E-state index in [9.17, 15) is 0 Å². The number of nitrogens with zero attached hydrogens (tertiary/aromatic N) is 2. The van der Waals surface area contributed by atoms with Gasteiger partial charge in [0.05, 0.1) is 12.7 Å². The Bertz CT molecular complexity index is 310. The summed E-state index contributed by atoms with van der Waals surface area (Å²) in [5, 5.41) is 6.74. The second-order valence-electron chi connectivity index (χ2n) is 6.64. The summed E-state index contributed by atoms with van der Waals surface area (Å²) in [6.45, 7) is 10.5. The van der Waals surface area contributed by atoms with Gasteiger partial charge in [-0.1, -0.05) is 39.5 Å². The standard InChI is InChI=1S/C19H40N4O/c1-4-23(5-2)16-11-10-14-21-19(20-3)22-15-17-24-18-12-8-6-7-9-13-18/h18H,4-17H2,1-3H3,(H2,20,21,22). The molecule has 0 aromatic carbocycles. The zero-order chi connectivity index (χ0) is 17.5. The smallest absolute Gasteiger partial charge is 0.191 e. The molecule has 5 heteroatoms. The van der Waals surface area contributed by atoms with E-state index >= 15 is 0 Å². The topological polar surface area (TPSA) is 48.9 Å². The second kappa shape index (κ2) is 14.5. The summed E-state index contributed by atoms with van der Waals surface area (Å²) in [6.07, 6.45) is 10.8. The van der Waals surface area contributed by atoms with Gasteiger partial charge < -0.3 is 20.3 Å². The third kappa shape index (κ3) is 10.1. The van der Waals surface area contributed by atoms with Crippen molar-refractivity contribution in [2.75, 3.05) is 46.4 Å². The number of rotatable bonds is 11. The van der Waals surface area contributed by atoms with Crippen LogP contribution in [0, 0.1) is 0 Å². The Hall–Kier alpha value is -0.810. The molecule has 0 heterocycles. The van der Waals surface area contributed by atoms with Crippen molar-refractivity contribution in [1.82, 2.24) is 15.5 Å². The molecule has 0 amide bonds. The maximum Gasteiger partial charge on any atom is 0.191 e. The molecule has 1 aliphatic carbocycles. The maximum atomic E-state index is 6.00. The third-order valence-corrected chi connectivity index (χ3v) is 4.86. The molecule has 2 N–H and O–H groups in total. The number of hydrogen-bond acceptors (Lipinski definition) is 3. The lowest BCUT2D eigenvalue weighted by Gasteiger charge is -2.18. The molecule has 0 unspecified atom stereocenters. The van der Waals surface area contributed by atoms with Crippen molar-refractivity contribution in [1.29, 1.82) is 0 Å². The summed E-state index contributed by atoms with van der Waals surface area (Å²) in [7, 11) is 1.83. The van der Waals surface area contributed by atoms with Gasteiger partial charge in [-0.15, -0.1) is 0 Å². The molecular weight excluding hydrogens is 300 g/mol. The van der Waals surface area contributed by atoms with Gasteiger partial charge >= 0.3 is 0 Å². The van der Waals surface area contributed by atoms with Crippen molar-refractivity contribution >= 4 is 5.96 Å². The highest BCUT2D eigenvalue weighted by atomic mass is 16.5. The Morgan fingerprint density at radius 3 is 2.29 bits per heavy atom. The number of unbranched alkanes of at least 4 members (excludes halogenated alkanes) is 1. The number of ether oxygens (including phenoxy) is 1. The van der Waals surface area contributed by atoms with E-state index in [1.54, 1.807) is 0 Å². The molecule has 142 valence electrons. The fourth-order valence-corrected chi connectivity index (χ4v) is 3.23. The molecule has 0 atom stereocenters. The molecule has 1 rings (SSSR count). The Morgan fingerprint density at radius 2 is 1.67 bits per heavy atom. The van der Waals surface area contributed by atoms with Crippen LogP contribution in [-0.4, -0.2) is 63.3 Å². The van der Waals surface area contributed by atoms with Gasteiger partial charge in [0.1, 0.15) is 0 Å². The molecule has 1 aliphatic rings. The van der Waals surface area contributed by atoms with Gasteiger partial charge in [-0.05, 0) is 45.3 Å². The second-order valence-corrected chi connectivity index (χ2v) is 6.64. The minimum Gasteiger partial charge on any atom is -0.376 e. The first-order chi connectivity index (χ1) is 11.8. The van der Waals surface area contributed by atoms with Gasteiger partial charge in [-0.25, -0.2) is 0 Å². The van der Waals surface area contributed by atoms with Crippen molar-refractivity contribution < 1.29 is 4.74 Å². The van der Waals surface area contributed by atoms with Gasteiger partial charge in [0.25, 0.3) is 0 Å². The zero-order valence-corrected chi connectivity index (χ0v) is 16.3. The van der Waals surface area contributed by atoms with Gasteiger partial charge in [-0.3, -0.25) is 4.99 Å². The normalized spacial score (nSPS) is 17.1. The largest absolute Gasteiger partial charge is 0.376 e. The summed E-state index contributed by atoms with van der Waals surface area (Å²) in [5.41, 5.74) is 0. The van der Waals surface area contributed by atoms with E-state index < -0.39 is 0 Å². The van der Waals surface area contributed by atoms with Crippen molar-refractivity contribution in [3.63, 3.8) is 0 Å². The first kappa shape index (κ1) is 21.2. The SMILES string of the molecule is CCN(CC)CCCCNC(=NC)NCCOC1CCCCCC1. The predicted octanol–water partition coefficient (Wildman–Crippen LogP) is 3.01. The molecule has 24 heavy (non-hydrogen) atoms. The highest BCUT2D eigenvalue weighted by Gasteiger charge is 2.12. The van der Waals surface area contributed by atoms with Crippen LogP contribution in [0.2, 0.25) is 0 Å². The van der Waals surface area contributed by atoms with E-state index in [1.807, 2.05) is 7.05 Å². The van der Waals surface area contributed by atoms with Crippen LogP contribution in [0.4, 0.5) is 0 Å². The first-order valence-electron chi connectivity index (χ1n) is 10.1. The molecular formula is C19H40N4O. The quantitative estimate of drug-likeness (QED) is 0.263. The molecule has 0 aromatic rings. The molecule has 0 aromatic heterocycles. The minimum absolute atomic E-state index is 0.476. The molecule has 1 saturated carbocycles. The zero-order valence-electron chi connectivity index (χ0n) is 16.3. The predicted molar refractivity (Wildman–Crippen MR) is 104 cm³/mol. The van der Waals surface area contributed by atoms with Crippen LogP contribution in [0.25, 0.3) is 0 Å². The molecule has 0 aliphatic heterocycles. The third-order valence-electron chi connectivity index (χ3n) is 4.86. The first-order valence-corrected chi connectivity index (χ1v) is 10.1. The Morgan fingerprint density at radius 1 is 1.00 bits per heavy atom. The molecule has 0 spiro atoms. The van der Waals surface area contributed by atoms with Gasteiger partial charge in [0.15, 0.2) is 5.96 Å². The monoisotopic (exact) mass is 340 g/mol. The summed E-state index contributed by atoms with van der Waals surface area (Å²) < 4.78 is 6.00. The van der Waals surface area contributed by atoms with Crippen LogP contribution in [0.3, 0.4) is 0 Å². The lowest BCUT2D eigenvalue weighted by molar-refractivity contribution is 0.0468. The van der Waals surface area contributed by atoms with Crippen LogP contribution in [-0.2, 0) is 4.74 Å². The van der Waals surface area contributed by atoms with Crippen molar-refractivity contribution in [2.45, 2.75) is 71.3 Å². The van der Waals surface area contributed by atoms with Crippen LogP contribution < -0.4 is 10.6 Å². The highest BCUT2D eigenvalue weighted by Crippen LogP contribution is 2.19. The van der Waals surface area contributed by atoms with E-state index in [4.69, 9.17) is 4.74 Å². The number of aliphatic imine (C=N–C) groups is 1. The summed E-state index contributed by atoms with van der Waals surface area (Å²) in [4.78, 5) is 6.75. The molecule has 1 fully saturated rings. The fourth-order valence-electron chi connectivity index (χ4n) is 3.23. The van der Waals surface area contributed by atoms with Gasteiger partial charge in [0.2, 0.25) is 0 Å². The highest BCUT2D eigenvalue weighted by molar-refractivity contribution is 5.79. The molecule has 0 bridgehead atoms. The number of hydrogen-bond donors (Lipinski definition) is 2. The van der Waals surface area contributed by atoms with Crippen LogP contribution in [0.1, 0.15) is 65.2 Å². The van der Waals surface area contributed by atoms with Crippen LogP contribution >= 0.6 is 0 Å². The van der Waals surface area contributed by atoms with E-state index in [1.165, 1.54) is 57.9 Å². The molecule has 5 nitrogen and oxygen atoms in total. The van der Waals surface area contributed by atoms with E-state index in [0.717, 1.165) is 38.7 Å². The summed E-state index contributed by atoms with van der Waals surface area (Å²) >= 11 is 0. The van der Waals surface area contributed by atoms with E-state index in [-0.39, 0.29) is 0 Å². The molecule has 0 saturated heterocycles. The lowest BCUT2D eigenvalue weighted by Crippen LogP contribution is -2.39. The van der Waals surface area contributed by atoms with Crippen molar-refractivity contribution in [2.24, 2.45) is 4.99 Å². The van der Waals surface area contributed by atoms with Crippen LogP contribution in [0.15, 0.2) is 4.99 Å². The van der Waals surface area contributed by atoms with Crippen molar-refractivity contribution in [3.8, 4) is 0 Å². The Kier molecular flexibility index (Phi) is 12.9. The average Bonchev–Trinajstić information content (AvgIpc) is 2.88. The number of guanidine groups is 1. The summed E-state index contributed by atoms with van der Waals surface area (Å²) in [6, 6.07) is 0. The maximum absolute atomic E-state index is 6.00. The Labute approximate surface area is 149 Å². The van der Waals surface area contributed by atoms with Crippen molar-refractivity contribution in [3.05, 3.63) is 0 Å². The Balaban J connectivity index is 2.01. The van der Waals surface area contributed by atoms with E-state index in [2.05, 4.69) is 34.4 Å². The van der Waals surface area contributed by atoms with E-state index in [0.29, 0.717) is 6.10 Å². The molecule has 0 radical (unpaired) electrons. The van der Waals surface area contributed by atoms with Crippen LogP contribution in [0.5, 0.6) is 0 Å². The summed E-state index contributed by atoms with van der Waals surface area (Å²) in [5.74, 6) is 0.891. The fraction of sp³-hybridized carbons (Fsp3) is 0.947. The van der Waals surface area contributed by atoms with Gasteiger partial charge in [0, 0.05) is 20.1 Å². The lowest BCUT2D eigenvalue weighted by atomic mass is 10.1. The average molecular weight is 341 g/mol. The van der Waals surface area contributed by atoms with Gasteiger partial charge in [-0.2, -0.15) is 0 Å².